The molecule has 0 N–H and O–H groups in total. The molecule has 0 atom stereocenters. The third kappa shape index (κ3) is 4.27. The Bertz CT molecular complexity index is 444. The largest absolute Gasteiger partial charge is 0.494 e. The first-order valence-corrected chi connectivity index (χ1v) is 7.51. The lowest BCUT2D eigenvalue weighted by Gasteiger charge is -2.23. The van der Waals surface area contributed by atoms with Gasteiger partial charge in [0.2, 0.25) is 0 Å². The number of hydrogen-bond donors (Lipinski definition) is 0. The predicted octanol–water partition coefficient (Wildman–Crippen LogP) is 5.08. The van der Waals surface area contributed by atoms with E-state index in [1.165, 1.54) is 5.56 Å². The van der Waals surface area contributed by atoms with Gasteiger partial charge in [-0.05, 0) is 36.0 Å². The second kappa shape index (κ2) is 6.79. The second-order valence-electron chi connectivity index (χ2n) is 6.47. The van der Waals surface area contributed by atoms with Crippen molar-refractivity contribution in [2.45, 2.75) is 59.3 Å². The standard InChI is InChI=1S/C18H27NO/c1-6-18(7-2,14-19)12-13-20-16-10-8-15(9-11-16)17(3,4)5/h8-11H,6-7,12-13H2,1-5H3. The van der Waals surface area contributed by atoms with Crippen molar-refractivity contribution in [3.05, 3.63) is 29.8 Å². The summed E-state index contributed by atoms with van der Waals surface area (Å²) in [7, 11) is 0. The zero-order valence-corrected chi connectivity index (χ0v) is 13.5. The molecule has 0 saturated heterocycles. The maximum atomic E-state index is 9.29. The molecular weight excluding hydrogens is 246 g/mol. The number of rotatable bonds is 6. The highest BCUT2D eigenvalue weighted by Gasteiger charge is 2.25. The van der Waals surface area contributed by atoms with Crippen LogP contribution in [0.4, 0.5) is 0 Å². The van der Waals surface area contributed by atoms with Crippen LogP contribution < -0.4 is 4.74 Å². The van der Waals surface area contributed by atoms with Crippen molar-refractivity contribution in [3.63, 3.8) is 0 Å². The van der Waals surface area contributed by atoms with Crippen molar-refractivity contribution in [2.75, 3.05) is 6.61 Å². The Hall–Kier alpha value is -1.49. The Morgan fingerprint density at radius 2 is 1.60 bits per heavy atom. The summed E-state index contributed by atoms with van der Waals surface area (Å²) in [5, 5.41) is 9.29. The van der Waals surface area contributed by atoms with Gasteiger partial charge in [0.25, 0.3) is 0 Å². The SMILES string of the molecule is CCC(C#N)(CC)CCOc1ccc(C(C)(C)C)cc1. The van der Waals surface area contributed by atoms with Crippen molar-refractivity contribution in [3.8, 4) is 11.8 Å². The minimum absolute atomic E-state index is 0.166. The van der Waals surface area contributed by atoms with E-state index < -0.39 is 0 Å². The molecule has 1 aromatic rings. The molecule has 110 valence electrons. The van der Waals surface area contributed by atoms with Crippen LogP contribution in [-0.2, 0) is 5.41 Å². The van der Waals surface area contributed by atoms with Crippen molar-refractivity contribution in [1.29, 1.82) is 5.26 Å². The molecule has 2 heteroatoms. The van der Waals surface area contributed by atoms with Gasteiger partial charge in [-0.25, -0.2) is 0 Å². The summed E-state index contributed by atoms with van der Waals surface area (Å²) in [6.45, 7) is 11.4. The molecule has 0 spiro atoms. The molecule has 0 amide bonds. The van der Waals surface area contributed by atoms with Crippen molar-refractivity contribution >= 4 is 0 Å². The lowest BCUT2D eigenvalue weighted by molar-refractivity contribution is 0.231. The van der Waals surface area contributed by atoms with Crippen LogP contribution in [0.15, 0.2) is 24.3 Å². The van der Waals surface area contributed by atoms with Gasteiger partial charge in [0, 0.05) is 6.42 Å². The number of ether oxygens (including phenoxy) is 1. The molecule has 0 aliphatic rings. The predicted molar refractivity (Wildman–Crippen MR) is 83.9 cm³/mol. The average molecular weight is 273 g/mol. The smallest absolute Gasteiger partial charge is 0.119 e. The first-order valence-electron chi connectivity index (χ1n) is 7.51. The van der Waals surface area contributed by atoms with Gasteiger partial charge in [0.1, 0.15) is 5.75 Å². The number of benzene rings is 1. The van der Waals surface area contributed by atoms with Crippen LogP contribution in [0, 0.1) is 16.7 Å². The van der Waals surface area contributed by atoms with Crippen LogP contribution in [0.25, 0.3) is 0 Å². The molecular formula is C18H27NO. The summed E-state index contributed by atoms with van der Waals surface area (Å²) in [6, 6.07) is 10.7. The van der Waals surface area contributed by atoms with Gasteiger partial charge in [-0.1, -0.05) is 46.8 Å². The minimum atomic E-state index is -0.231. The molecule has 2 nitrogen and oxygen atoms in total. The zero-order chi connectivity index (χ0) is 15.2. The van der Waals surface area contributed by atoms with E-state index in [0.29, 0.717) is 6.61 Å². The third-order valence-corrected chi connectivity index (χ3v) is 4.16. The van der Waals surface area contributed by atoms with Gasteiger partial charge in [-0.2, -0.15) is 5.26 Å². The van der Waals surface area contributed by atoms with Crippen molar-refractivity contribution < 1.29 is 4.74 Å². The zero-order valence-electron chi connectivity index (χ0n) is 13.5. The summed E-state index contributed by atoms with van der Waals surface area (Å²) >= 11 is 0. The molecule has 20 heavy (non-hydrogen) atoms. The molecule has 0 aromatic heterocycles. The monoisotopic (exact) mass is 273 g/mol. The third-order valence-electron chi connectivity index (χ3n) is 4.16. The summed E-state index contributed by atoms with van der Waals surface area (Å²) in [4.78, 5) is 0. The molecule has 1 aromatic carbocycles. The first kappa shape index (κ1) is 16.6. The highest BCUT2D eigenvalue weighted by Crippen LogP contribution is 2.30. The molecule has 0 saturated carbocycles. The van der Waals surface area contributed by atoms with Crippen LogP contribution in [0.3, 0.4) is 0 Å². The van der Waals surface area contributed by atoms with Crippen LogP contribution in [0.1, 0.15) is 59.4 Å². The Balaban J connectivity index is 2.57. The highest BCUT2D eigenvalue weighted by atomic mass is 16.5. The normalized spacial score (nSPS) is 12.0. The Morgan fingerprint density at radius 1 is 1.05 bits per heavy atom. The van der Waals surface area contributed by atoms with Gasteiger partial charge in [0.15, 0.2) is 0 Å². The van der Waals surface area contributed by atoms with E-state index in [9.17, 15) is 5.26 Å². The highest BCUT2D eigenvalue weighted by molar-refractivity contribution is 5.31. The fraction of sp³-hybridized carbons (Fsp3) is 0.611. The van der Waals surface area contributed by atoms with E-state index >= 15 is 0 Å². The molecule has 1 rings (SSSR count). The van der Waals surface area contributed by atoms with Gasteiger partial charge in [0.05, 0.1) is 18.1 Å². The number of nitrogens with zero attached hydrogens (tertiary/aromatic N) is 1. The quantitative estimate of drug-likeness (QED) is 0.723. The Labute approximate surface area is 123 Å². The molecule has 0 bridgehead atoms. The lowest BCUT2D eigenvalue weighted by atomic mass is 9.81. The van der Waals surface area contributed by atoms with E-state index in [1.807, 2.05) is 12.1 Å². The summed E-state index contributed by atoms with van der Waals surface area (Å²) in [5.74, 6) is 0.886. The average Bonchev–Trinajstić information content (AvgIpc) is 2.44. The molecule has 0 heterocycles. The number of hydrogen-bond acceptors (Lipinski definition) is 2. The molecule has 0 aliphatic carbocycles. The van der Waals surface area contributed by atoms with Gasteiger partial charge >= 0.3 is 0 Å². The fourth-order valence-corrected chi connectivity index (χ4v) is 2.23. The van der Waals surface area contributed by atoms with E-state index in [4.69, 9.17) is 4.74 Å². The van der Waals surface area contributed by atoms with E-state index in [2.05, 4.69) is 52.8 Å². The van der Waals surface area contributed by atoms with Crippen LogP contribution in [0.5, 0.6) is 5.75 Å². The topological polar surface area (TPSA) is 33.0 Å². The van der Waals surface area contributed by atoms with Gasteiger partial charge in [-0.15, -0.1) is 0 Å². The maximum Gasteiger partial charge on any atom is 0.119 e. The van der Waals surface area contributed by atoms with E-state index in [1.54, 1.807) is 0 Å². The fourth-order valence-electron chi connectivity index (χ4n) is 2.23. The van der Waals surface area contributed by atoms with Crippen LogP contribution >= 0.6 is 0 Å². The summed E-state index contributed by atoms with van der Waals surface area (Å²) in [5.41, 5.74) is 1.24. The van der Waals surface area contributed by atoms with Gasteiger partial charge in [-0.3, -0.25) is 0 Å². The first-order chi connectivity index (χ1) is 9.37. The Kier molecular flexibility index (Phi) is 5.62. The lowest BCUT2D eigenvalue weighted by Crippen LogP contribution is -2.19. The maximum absolute atomic E-state index is 9.29. The second-order valence-corrected chi connectivity index (χ2v) is 6.47. The molecule has 0 fully saturated rings. The molecule has 0 aliphatic heterocycles. The number of nitriles is 1. The Morgan fingerprint density at radius 3 is 2.00 bits per heavy atom. The van der Waals surface area contributed by atoms with Gasteiger partial charge < -0.3 is 4.74 Å². The minimum Gasteiger partial charge on any atom is -0.494 e. The molecule has 0 unspecified atom stereocenters. The van der Waals surface area contributed by atoms with Crippen LogP contribution in [-0.4, -0.2) is 6.61 Å². The van der Waals surface area contributed by atoms with E-state index in [-0.39, 0.29) is 10.8 Å². The van der Waals surface area contributed by atoms with Crippen LogP contribution in [0.2, 0.25) is 0 Å². The summed E-state index contributed by atoms with van der Waals surface area (Å²) < 4.78 is 5.78. The molecule has 0 radical (unpaired) electrons. The summed E-state index contributed by atoms with van der Waals surface area (Å²) in [6.07, 6.45) is 2.55. The van der Waals surface area contributed by atoms with Crippen molar-refractivity contribution in [2.24, 2.45) is 5.41 Å². The van der Waals surface area contributed by atoms with Crippen molar-refractivity contribution in [1.82, 2.24) is 0 Å². The van der Waals surface area contributed by atoms with E-state index in [0.717, 1.165) is 25.0 Å².